The predicted molar refractivity (Wildman–Crippen MR) is 79.2 cm³/mol. The summed E-state index contributed by atoms with van der Waals surface area (Å²) in [6, 6.07) is 5.26. The molecule has 1 aromatic rings. The van der Waals surface area contributed by atoms with Crippen molar-refractivity contribution in [3.05, 3.63) is 23.8 Å². The Kier molecular flexibility index (Phi) is 5.68. The topological polar surface area (TPSA) is 86.3 Å². The van der Waals surface area contributed by atoms with E-state index in [1.807, 2.05) is 6.92 Å². The quantitative estimate of drug-likeness (QED) is 0.362. The summed E-state index contributed by atoms with van der Waals surface area (Å²) in [5.41, 5.74) is 6.19. The Bertz CT molecular complexity index is 485. The van der Waals surface area contributed by atoms with Crippen LogP contribution in [0.1, 0.15) is 25.3 Å². The van der Waals surface area contributed by atoms with Gasteiger partial charge in [-0.1, -0.05) is 5.16 Å². The minimum atomic E-state index is 0.0481. The molecule has 0 spiro atoms. The molecule has 0 amide bonds. The molecule has 0 aliphatic carbocycles. The standard InChI is InChI=1S/C15H22N2O4/c1-2-20-14-9-12(15(16)17-18)3-4-13(14)21-10-11-5-7-19-8-6-11/h3-4,9,11,18H,2,5-8,10H2,1H3,(H2,16,17). The van der Waals surface area contributed by atoms with E-state index >= 15 is 0 Å². The van der Waals surface area contributed by atoms with E-state index in [-0.39, 0.29) is 5.84 Å². The number of benzene rings is 1. The third-order valence-corrected chi connectivity index (χ3v) is 3.46. The number of amidine groups is 1. The highest BCUT2D eigenvalue weighted by atomic mass is 16.5. The zero-order chi connectivity index (χ0) is 15.1. The lowest BCUT2D eigenvalue weighted by Gasteiger charge is -2.22. The van der Waals surface area contributed by atoms with Crippen LogP contribution < -0.4 is 15.2 Å². The van der Waals surface area contributed by atoms with Gasteiger partial charge in [0.15, 0.2) is 17.3 Å². The summed E-state index contributed by atoms with van der Waals surface area (Å²) in [6.45, 7) is 4.67. The van der Waals surface area contributed by atoms with E-state index in [1.54, 1.807) is 18.2 Å². The number of oxime groups is 1. The molecule has 2 rings (SSSR count). The highest BCUT2D eigenvalue weighted by Gasteiger charge is 2.16. The van der Waals surface area contributed by atoms with Gasteiger partial charge in [-0.15, -0.1) is 0 Å². The molecule has 1 saturated heterocycles. The molecule has 0 saturated carbocycles. The average Bonchev–Trinajstić information content (AvgIpc) is 2.54. The van der Waals surface area contributed by atoms with Crippen molar-refractivity contribution in [3.63, 3.8) is 0 Å². The third kappa shape index (κ3) is 4.26. The summed E-state index contributed by atoms with van der Waals surface area (Å²) in [7, 11) is 0. The molecule has 0 atom stereocenters. The van der Waals surface area contributed by atoms with Crippen LogP contribution in [0.25, 0.3) is 0 Å². The third-order valence-electron chi connectivity index (χ3n) is 3.46. The first-order chi connectivity index (χ1) is 10.2. The van der Waals surface area contributed by atoms with Crippen molar-refractivity contribution < 1.29 is 19.4 Å². The lowest BCUT2D eigenvalue weighted by Crippen LogP contribution is -2.21. The zero-order valence-corrected chi connectivity index (χ0v) is 12.2. The van der Waals surface area contributed by atoms with Crippen LogP contribution in [-0.4, -0.2) is 37.5 Å². The fourth-order valence-electron chi connectivity index (χ4n) is 2.23. The van der Waals surface area contributed by atoms with Crippen molar-refractivity contribution in [2.24, 2.45) is 16.8 Å². The monoisotopic (exact) mass is 294 g/mol. The second-order valence-corrected chi connectivity index (χ2v) is 4.95. The highest BCUT2D eigenvalue weighted by molar-refractivity contribution is 5.97. The van der Waals surface area contributed by atoms with Gasteiger partial charge in [0, 0.05) is 18.8 Å². The molecule has 1 aromatic carbocycles. The van der Waals surface area contributed by atoms with Crippen molar-refractivity contribution >= 4 is 5.84 Å². The van der Waals surface area contributed by atoms with E-state index in [1.165, 1.54) is 0 Å². The fraction of sp³-hybridized carbons (Fsp3) is 0.533. The minimum Gasteiger partial charge on any atom is -0.490 e. The zero-order valence-electron chi connectivity index (χ0n) is 12.2. The van der Waals surface area contributed by atoms with Gasteiger partial charge in [0.05, 0.1) is 13.2 Å². The van der Waals surface area contributed by atoms with E-state index < -0.39 is 0 Å². The normalized spacial score (nSPS) is 16.7. The molecule has 0 unspecified atom stereocenters. The van der Waals surface area contributed by atoms with E-state index in [0.717, 1.165) is 26.1 Å². The number of nitrogens with zero attached hydrogens (tertiary/aromatic N) is 1. The molecule has 1 aliphatic rings. The first kappa shape index (κ1) is 15.4. The van der Waals surface area contributed by atoms with Crippen molar-refractivity contribution in [1.29, 1.82) is 0 Å². The minimum absolute atomic E-state index is 0.0481. The van der Waals surface area contributed by atoms with E-state index in [9.17, 15) is 0 Å². The summed E-state index contributed by atoms with van der Waals surface area (Å²) in [5, 5.41) is 11.7. The largest absolute Gasteiger partial charge is 0.490 e. The average molecular weight is 294 g/mol. The molecular formula is C15H22N2O4. The number of hydrogen-bond donors (Lipinski definition) is 2. The van der Waals surface area contributed by atoms with Crippen LogP contribution in [0.2, 0.25) is 0 Å². The summed E-state index contributed by atoms with van der Waals surface area (Å²) in [4.78, 5) is 0. The second kappa shape index (κ2) is 7.73. The molecule has 21 heavy (non-hydrogen) atoms. The molecule has 0 bridgehead atoms. The lowest BCUT2D eigenvalue weighted by atomic mass is 10.0. The van der Waals surface area contributed by atoms with Gasteiger partial charge in [0.25, 0.3) is 0 Å². The van der Waals surface area contributed by atoms with E-state index in [4.69, 9.17) is 25.2 Å². The van der Waals surface area contributed by atoms with Crippen LogP contribution in [0, 0.1) is 5.92 Å². The molecule has 1 aliphatic heterocycles. The van der Waals surface area contributed by atoms with Crippen LogP contribution in [0.3, 0.4) is 0 Å². The van der Waals surface area contributed by atoms with E-state index in [0.29, 0.717) is 36.2 Å². The van der Waals surface area contributed by atoms with Crippen LogP contribution in [0.5, 0.6) is 11.5 Å². The number of hydrogen-bond acceptors (Lipinski definition) is 5. The van der Waals surface area contributed by atoms with Crippen molar-refractivity contribution in [2.75, 3.05) is 26.4 Å². The van der Waals surface area contributed by atoms with Crippen LogP contribution in [0.15, 0.2) is 23.4 Å². The molecule has 3 N–H and O–H groups in total. The smallest absolute Gasteiger partial charge is 0.170 e. The van der Waals surface area contributed by atoms with Crippen LogP contribution >= 0.6 is 0 Å². The van der Waals surface area contributed by atoms with Gasteiger partial charge in [-0.2, -0.15) is 0 Å². The van der Waals surface area contributed by atoms with Gasteiger partial charge in [0.2, 0.25) is 0 Å². The first-order valence-electron chi connectivity index (χ1n) is 7.20. The van der Waals surface area contributed by atoms with Crippen LogP contribution in [-0.2, 0) is 4.74 Å². The first-order valence-corrected chi connectivity index (χ1v) is 7.20. The summed E-state index contributed by atoms with van der Waals surface area (Å²) in [6.07, 6.45) is 2.04. The summed E-state index contributed by atoms with van der Waals surface area (Å²) in [5.74, 6) is 1.84. The van der Waals surface area contributed by atoms with Gasteiger partial charge < -0.3 is 25.2 Å². The Morgan fingerprint density at radius 3 is 2.76 bits per heavy atom. The molecule has 116 valence electrons. The van der Waals surface area contributed by atoms with Gasteiger partial charge in [-0.25, -0.2) is 0 Å². The molecule has 6 heteroatoms. The Balaban J connectivity index is 2.06. The Hall–Kier alpha value is -1.95. The van der Waals surface area contributed by atoms with Crippen molar-refractivity contribution in [1.82, 2.24) is 0 Å². The van der Waals surface area contributed by atoms with Gasteiger partial charge >= 0.3 is 0 Å². The molecule has 1 fully saturated rings. The molecule has 0 radical (unpaired) electrons. The lowest BCUT2D eigenvalue weighted by molar-refractivity contribution is 0.0492. The number of nitrogens with two attached hydrogens (primary N) is 1. The van der Waals surface area contributed by atoms with Crippen molar-refractivity contribution in [3.8, 4) is 11.5 Å². The van der Waals surface area contributed by atoms with Gasteiger partial charge in [-0.3, -0.25) is 0 Å². The maximum absolute atomic E-state index is 8.73. The summed E-state index contributed by atoms with van der Waals surface area (Å²) < 4.78 is 16.8. The highest BCUT2D eigenvalue weighted by Crippen LogP contribution is 2.29. The molecule has 6 nitrogen and oxygen atoms in total. The molecule has 1 heterocycles. The Morgan fingerprint density at radius 1 is 1.33 bits per heavy atom. The second-order valence-electron chi connectivity index (χ2n) is 4.95. The maximum atomic E-state index is 8.73. The summed E-state index contributed by atoms with van der Waals surface area (Å²) >= 11 is 0. The van der Waals surface area contributed by atoms with Gasteiger partial charge in [0.1, 0.15) is 0 Å². The molecular weight excluding hydrogens is 272 g/mol. The van der Waals surface area contributed by atoms with E-state index in [2.05, 4.69) is 5.16 Å². The number of rotatable bonds is 6. The Morgan fingerprint density at radius 2 is 2.10 bits per heavy atom. The van der Waals surface area contributed by atoms with Crippen LogP contribution in [0.4, 0.5) is 0 Å². The maximum Gasteiger partial charge on any atom is 0.170 e. The fourth-order valence-corrected chi connectivity index (χ4v) is 2.23. The van der Waals surface area contributed by atoms with Crippen molar-refractivity contribution in [2.45, 2.75) is 19.8 Å². The Labute approximate surface area is 124 Å². The SMILES string of the molecule is CCOc1cc(C(N)=NO)ccc1OCC1CCOCC1. The number of ether oxygens (including phenoxy) is 3. The predicted octanol–water partition coefficient (Wildman–Crippen LogP) is 1.99. The molecule has 0 aromatic heterocycles. The van der Waals surface area contributed by atoms with Gasteiger partial charge in [-0.05, 0) is 43.9 Å².